The zero-order valence-corrected chi connectivity index (χ0v) is 14.6. The summed E-state index contributed by atoms with van der Waals surface area (Å²) in [5.41, 5.74) is 3.03. The molecule has 1 atom stereocenters. The maximum absolute atomic E-state index is 12.8. The summed E-state index contributed by atoms with van der Waals surface area (Å²) in [6.45, 7) is 5.64. The van der Waals surface area contributed by atoms with E-state index >= 15 is 0 Å². The van der Waals surface area contributed by atoms with Crippen molar-refractivity contribution in [1.29, 1.82) is 0 Å². The lowest BCUT2D eigenvalue weighted by atomic mass is 9.95. The minimum atomic E-state index is -0.307. The van der Waals surface area contributed by atoms with Gasteiger partial charge in [0.05, 0.1) is 11.6 Å². The molecule has 0 saturated carbocycles. The van der Waals surface area contributed by atoms with Crippen molar-refractivity contribution in [2.45, 2.75) is 33.1 Å². The molecule has 0 saturated heterocycles. The molecule has 128 valence electrons. The molecule has 3 aromatic rings. The van der Waals surface area contributed by atoms with E-state index in [1.54, 1.807) is 13.1 Å². The van der Waals surface area contributed by atoms with Gasteiger partial charge >= 0.3 is 0 Å². The smallest absolute Gasteiger partial charge is 0.281 e. The summed E-state index contributed by atoms with van der Waals surface area (Å²) < 4.78 is 1.46. The van der Waals surface area contributed by atoms with Crippen molar-refractivity contribution in [3.63, 3.8) is 0 Å². The van der Waals surface area contributed by atoms with Crippen LogP contribution in [0.15, 0.2) is 53.5 Å². The van der Waals surface area contributed by atoms with Crippen LogP contribution in [-0.2, 0) is 4.79 Å². The molecule has 1 N–H and O–H groups in total. The van der Waals surface area contributed by atoms with Crippen LogP contribution >= 0.6 is 0 Å². The van der Waals surface area contributed by atoms with Gasteiger partial charge in [0.1, 0.15) is 11.3 Å². The van der Waals surface area contributed by atoms with Crippen LogP contribution in [0.4, 0.5) is 5.69 Å². The number of nitrogens with zero attached hydrogens (tertiary/aromatic N) is 2. The molecule has 5 nitrogen and oxygen atoms in total. The van der Waals surface area contributed by atoms with Gasteiger partial charge in [-0.1, -0.05) is 37.3 Å². The number of carbonyl (C=O) groups excluding carboxylic acids is 1. The molecule has 5 heteroatoms. The molecule has 1 aromatic carbocycles. The second-order valence-electron chi connectivity index (χ2n) is 6.17. The average Bonchev–Trinajstić information content (AvgIpc) is 2.60. The summed E-state index contributed by atoms with van der Waals surface area (Å²) in [6.07, 6.45) is 2.33. The Labute approximate surface area is 146 Å². The van der Waals surface area contributed by atoms with Crippen LogP contribution in [0, 0.1) is 13.8 Å². The number of hydrogen-bond acceptors (Lipinski definition) is 3. The molecule has 2 heterocycles. The van der Waals surface area contributed by atoms with E-state index in [9.17, 15) is 9.59 Å². The van der Waals surface area contributed by atoms with Gasteiger partial charge in [0.25, 0.3) is 5.56 Å². The highest BCUT2D eigenvalue weighted by atomic mass is 16.2. The van der Waals surface area contributed by atoms with E-state index in [-0.39, 0.29) is 23.1 Å². The Bertz CT molecular complexity index is 977. The number of fused-ring (bicyclic) bond motifs is 1. The van der Waals surface area contributed by atoms with Crippen LogP contribution in [-0.4, -0.2) is 15.3 Å². The van der Waals surface area contributed by atoms with Crippen LogP contribution in [0.1, 0.15) is 36.1 Å². The molecule has 2 aromatic heterocycles. The molecular weight excluding hydrogens is 314 g/mol. The molecule has 3 rings (SSSR count). The highest BCUT2D eigenvalue weighted by Gasteiger charge is 2.21. The normalized spacial score (nSPS) is 12.1. The fourth-order valence-corrected chi connectivity index (χ4v) is 2.96. The predicted octanol–water partition coefficient (Wildman–Crippen LogP) is 3.44. The Morgan fingerprint density at radius 1 is 1.20 bits per heavy atom. The van der Waals surface area contributed by atoms with Crippen molar-refractivity contribution in [2.24, 2.45) is 0 Å². The number of carbonyl (C=O) groups is 1. The predicted molar refractivity (Wildman–Crippen MR) is 99.0 cm³/mol. The van der Waals surface area contributed by atoms with Gasteiger partial charge in [-0.3, -0.25) is 14.0 Å². The fraction of sp³-hybridized carbons (Fsp3) is 0.250. The maximum atomic E-state index is 12.8. The lowest BCUT2D eigenvalue weighted by molar-refractivity contribution is -0.117. The number of amides is 1. The Kier molecular flexibility index (Phi) is 4.65. The molecule has 0 radical (unpaired) electrons. The summed E-state index contributed by atoms with van der Waals surface area (Å²) in [7, 11) is 0. The quantitative estimate of drug-likeness (QED) is 0.794. The molecular formula is C20H21N3O2. The number of rotatable bonds is 4. The number of aromatic nitrogens is 2. The third-order valence-electron chi connectivity index (χ3n) is 4.34. The van der Waals surface area contributed by atoms with Crippen molar-refractivity contribution in [3.05, 3.63) is 75.8 Å². The van der Waals surface area contributed by atoms with Gasteiger partial charge in [0, 0.05) is 6.20 Å². The van der Waals surface area contributed by atoms with Gasteiger partial charge in [0.15, 0.2) is 0 Å². The highest BCUT2D eigenvalue weighted by Crippen LogP contribution is 2.21. The molecule has 0 unspecified atom stereocenters. The third-order valence-corrected chi connectivity index (χ3v) is 4.34. The van der Waals surface area contributed by atoms with Crippen LogP contribution in [0.3, 0.4) is 0 Å². The SMILES string of the molecule is CC[C@H](C(=O)Nc1c(C)nc2cc(C)ccn2c1=O)c1ccccc1. The molecule has 0 aliphatic rings. The largest absolute Gasteiger partial charge is 0.319 e. The Morgan fingerprint density at radius 3 is 2.60 bits per heavy atom. The van der Waals surface area contributed by atoms with E-state index < -0.39 is 0 Å². The van der Waals surface area contributed by atoms with E-state index in [1.165, 1.54) is 4.40 Å². The molecule has 0 aliphatic carbocycles. The van der Waals surface area contributed by atoms with Gasteiger partial charge in [-0.05, 0) is 43.5 Å². The van der Waals surface area contributed by atoms with Crippen LogP contribution in [0.2, 0.25) is 0 Å². The van der Waals surface area contributed by atoms with Gasteiger partial charge in [-0.2, -0.15) is 0 Å². The van der Waals surface area contributed by atoms with Crippen molar-refractivity contribution in [2.75, 3.05) is 5.32 Å². The van der Waals surface area contributed by atoms with E-state index in [0.29, 0.717) is 17.8 Å². The molecule has 0 fully saturated rings. The topological polar surface area (TPSA) is 63.5 Å². The zero-order chi connectivity index (χ0) is 18.0. The van der Waals surface area contributed by atoms with Crippen LogP contribution in [0.5, 0.6) is 0 Å². The number of pyridine rings is 1. The van der Waals surface area contributed by atoms with E-state index in [1.807, 2.05) is 56.3 Å². The first-order valence-corrected chi connectivity index (χ1v) is 8.36. The molecule has 1 amide bonds. The first-order chi connectivity index (χ1) is 12.0. The van der Waals surface area contributed by atoms with Gasteiger partial charge in [0.2, 0.25) is 5.91 Å². The minimum Gasteiger partial charge on any atom is -0.319 e. The second-order valence-corrected chi connectivity index (χ2v) is 6.17. The lowest BCUT2D eigenvalue weighted by Crippen LogP contribution is -2.28. The highest BCUT2D eigenvalue weighted by molar-refractivity contribution is 5.96. The van der Waals surface area contributed by atoms with Crippen molar-refractivity contribution >= 4 is 17.2 Å². The molecule has 0 bridgehead atoms. The number of benzene rings is 1. The Hall–Kier alpha value is -2.95. The lowest BCUT2D eigenvalue weighted by Gasteiger charge is -2.16. The van der Waals surface area contributed by atoms with Crippen molar-refractivity contribution in [1.82, 2.24) is 9.38 Å². The third kappa shape index (κ3) is 3.31. The van der Waals surface area contributed by atoms with Gasteiger partial charge in [-0.25, -0.2) is 4.98 Å². The standard InChI is InChI=1S/C20H21N3O2/c1-4-16(15-8-6-5-7-9-15)19(24)22-18-14(3)21-17-12-13(2)10-11-23(17)20(18)25/h5-12,16H,4H2,1-3H3,(H,22,24)/t16-/m0/s1. The van der Waals surface area contributed by atoms with Crippen LogP contribution < -0.4 is 10.9 Å². The van der Waals surface area contributed by atoms with E-state index in [2.05, 4.69) is 10.3 Å². The molecule has 0 spiro atoms. The van der Waals surface area contributed by atoms with Crippen LogP contribution in [0.25, 0.3) is 5.65 Å². The first-order valence-electron chi connectivity index (χ1n) is 8.36. The van der Waals surface area contributed by atoms with E-state index in [0.717, 1.165) is 11.1 Å². The Morgan fingerprint density at radius 2 is 1.92 bits per heavy atom. The average molecular weight is 335 g/mol. The molecule has 0 aliphatic heterocycles. The summed E-state index contributed by atoms with van der Waals surface area (Å²) in [4.78, 5) is 30.0. The van der Waals surface area contributed by atoms with Gasteiger partial charge in [-0.15, -0.1) is 0 Å². The Balaban J connectivity index is 1.98. The summed E-state index contributed by atoms with van der Waals surface area (Å²) in [6, 6.07) is 13.3. The summed E-state index contributed by atoms with van der Waals surface area (Å²) in [5, 5.41) is 2.80. The monoisotopic (exact) mass is 335 g/mol. The number of aryl methyl sites for hydroxylation is 2. The summed E-state index contributed by atoms with van der Waals surface area (Å²) in [5.74, 6) is -0.499. The van der Waals surface area contributed by atoms with Crippen molar-refractivity contribution in [3.8, 4) is 0 Å². The van der Waals surface area contributed by atoms with Gasteiger partial charge < -0.3 is 5.32 Å². The van der Waals surface area contributed by atoms with Crippen molar-refractivity contribution < 1.29 is 4.79 Å². The number of anilines is 1. The summed E-state index contributed by atoms with van der Waals surface area (Å²) >= 11 is 0. The second kappa shape index (κ2) is 6.89. The number of nitrogens with one attached hydrogen (secondary N) is 1. The molecule has 25 heavy (non-hydrogen) atoms. The minimum absolute atomic E-state index is 0.192. The zero-order valence-electron chi connectivity index (χ0n) is 14.6. The fourth-order valence-electron chi connectivity index (χ4n) is 2.96. The first kappa shape index (κ1) is 16.9. The van der Waals surface area contributed by atoms with E-state index in [4.69, 9.17) is 0 Å². The number of hydrogen-bond donors (Lipinski definition) is 1. The maximum Gasteiger partial charge on any atom is 0.281 e.